The third-order valence-electron chi connectivity index (χ3n) is 12.6. The van der Waals surface area contributed by atoms with Crippen LogP contribution in [0.4, 0.5) is 0 Å². The van der Waals surface area contributed by atoms with Crippen LogP contribution in [0, 0.1) is 0 Å². The Morgan fingerprint density at radius 3 is 1.81 bits per heavy atom. The number of likely N-dealkylation sites (tertiary alicyclic amines) is 1. The van der Waals surface area contributed by atoms with Gasteiger partial charge in [0.15, 0.2) is 0 Å². The minimum absolute atomic E-state index is 0.0256. The number of aromatic hydroxyl groups is 1. The largest absolute Gasteiger partial charge is 0.508 e. The van der Waals surface area contributed by atoms with E-state index in [0.717, 1.165) is 0 Å². The van der Waals surface area contributed by atoms with Crippen molar-refractivity contribution in [1.82, 2.24) is 52.1 Å². The second-order valence-corrected chi connectivity index (χ2v) is 19.1. The Kier molecular flexibility index (Phi) is 25.6. The highest BCUT2D eigenvalue weighted by Crippen LogP contribution is 2.21. The standard InChI is InChI=1S/C50H70N14O14S/c51-17-5-4-9-33(50(77)78)58-47(74)38(24-65)63-43(70)32(15-16-40(53)67)57-46(73)36(22-41(54)68)60-44(71)34(19-27-7-2-1-3-8-27)59-45(72)35(20-28-11-13-30(66)14-12-28)61-48(75)39-10-6-18-64(39)49(76)37(21-29-23-55-26-56-29)62-42(69)31(52)25-79/h1-3,7-8,11-14,23,26,31-39,65-66,79H,4-6,9-10,15-22,24-25,51-52H2,(H2,53,67)(H2,54,68)(H,55,56)(H,57,73)(H,58,74)(H,59,72)(H,60,71)(H,61,75)(H,62,69)(H,63,70)(H,77,78)/t31-,32-,33-,34-,35-,36-,37-,38-,39-/m0/s1. The van der Waals surface area contributed by atoms with E-state index >= 15 is 0 Å². The smallest absolute Gasteiger partial charge is 0.326 e. The molecule has 79 heavy (non-hydrogen) atoms. The third kappa shape index (κ3) is 20.6. The first-order valence-electron chi connectivity index (χ1n) is 25.3. The van der Waals surface area contributed by atoms with Gasteiger partial charge in [-0.1, -0.05) is 42.5 Å². The van der Waals surface area contributed by atoms with Crippen LogP contribution >= 0.6 is 12.6 Å². The van der Waals surface area contributed by atoms with E-state index in [-0.39, 0.29) is 56.7 Å². The number of phenolic OH excluding ortho intramolecular Hbond substituents is 1. The van der Waals surface area contributed by atoms with Gasteiger partial charge in [0.2, 0.25) is 59.1 Å². The quantitative estimate of drug-likeness (QED) is 0.0201. The minimum atomic E-state index is -1.88. The zero-order valence-corrected chi connectivity index (χ0v) is 44.0. The lowest BCUT2D eigenvalue weighted by atomic mass is 10.0. The highest BCUT2D eigenvalue weighted by Gasteiger charge is 2.40. The molecule has 2 heterocycles. The number of aliphatic hydroxyl groups excluding tert-OH is 1. The van der Waals surface area contributed by atoms with E-state index in [2.05, 4.69) is 59.8 Å². The Bertz CT molecular complexity index is 2580. The van der Waals surface area contributed by atoms with Crippen molar-refractivity contribution in [1.29, 1.82) is 0 Å². The number of carboxylic acid groups (broad SMARTS) is 1. The number of rotatable bonds is 33. The molecule has 1 aromatic heterocycles. The first-order chi connectivity index (χ1) is 37.6. The Hall–Kier alpha value is -8.15. The number of H-pyrrole nitrogens is 1. The molecule has 0 spiro atoms. The summed E-state index contributed by atoms with van der Waals surface area (Å²) < 4.78 is 0. The molecule has 10 amide bonds. The third-order valence-corrected chi connectivity index (χ3v) is 13.0. The van der Waals surface area contributed by atoms with E-state index in [9.17, 15) is 68.1 Å². The van der Waals surface area contributed by atoms with Crippen molar-refractivity contribution in [3.05, 3.63) is 83.9 Å². The first-order valence-corrected chi connectivity index (χ1v) is 26.0. The van der Waals surface area contributed by atoms with E-state index in [1.807, 2.05) is 0 Å². The second kappa shape index (κ2) is 31.9. The number of nitrogens with two attached hydrogens (primary N) is 4. The molecule has 0 unspecified atom stereocenters. The van der Waals surface area contributed by atoms with Crippen LogP contribution in [0.5, 0.6) is 5.75 Å². The number of aromatic amines is 1. The summed E-state index contributed by atoms with van der Waals surface area (Å²) in [6.07, 6.45) is 1.66. The second-order valence-electron chi connectivity index (χ2n) is 18.7. The summed E-state index contributed by atoms with van der Waals surface area (Å²) >= 11 is 4.08. The lowest BCUT2D eigenvalue weighted by Gasteiger charge is -2.30. The first kappa shape index (κ1) is 63.4. The van der Waals surface area contributed by atoms with Gasteiger partial charge in [0, 0.05) is 49.9 Å². The highest BCUT2D eigenvalue weighted by molar-refractivity contribution is 7.80. The molecule has 1 aliphatic rings. The van der Waals surface area contributed by atoms with Crippen LogP contribution in [-0.2, 0) is 72.0 Å². The van der Waals surface area contributed by atoms with Crippen LogP contribution in [0.25, 0.3) is 0 Å². The number of phenols is 1. The maximum absolute atomic E-state index is 14.6. The fraction of sp³-hybridized carbons (Fsp3) is 0.480. The van der Waals surface area contributed by atoms with Crippen LogP contribution in [0.2, 0.25) is 0 Å². The lowest BCUT2D eigenvalue weighted by molar-refractivity contribution is -0.143. The molecule has 0 aliphatic carbocycles. The number of aliphatic carboxylic acids is 1. The summed E-state index contributed by atoms with van der Waals surface area (Å²) in [6, 6.07) is 0.626. The van der Waals surface area contributed by atoms with Crippen molar-refractivity contribution >= 4 is 77.7 Å². The van der Waals surface area contributed by atoms with Gasteiger partial charge < -0.3 is 85.4 Å². The summed E-state index contributed by atoms with van der Waals surface area (Å²) in [5.41, 5.74) is 23.7. The average molecular weight is 1120 g/mol. The number of imidazole rings is 1. The van der Waals surface area contributed by atoms with Crippen molar-refractivity contribution < 1.29 is 68.1 Å². The molecule has 19 N–H and O–H groups in total. The maximum Gasteiger partial charge on any atom is 0.326 e. The van der Waals surface area contributed by atoms with Crippen LogP contribution in [0.1, 0.15) is 68.2 Å². The normalized spacial score (nSPS) is 16.0. The number of hydrogen-bond donors (Lipinski definition) is 16. The van der Waals surface area contributed by atoms with Crippen LogP contribution in [-0.4, -0.2) is 175 Å². The molecule has 29 heteroatoms. The molecule has 2 aromatic carbocycles. The van der Waals surface area contributed by atoms with Gasteiger partial charge in [0.05, 0.1) is 25.4 Å². The molecule has 1 aliphatic heterocycles. The number of amides is 10. The molecule has 28 nitrogen and oxygen atoms in total. The number of hydrogen-bond acceptors (Lipinski definition) is 17. The number of carbonyl (C=O) groups is 11. The Morgan fingerprint density at radius 2 is 1.23 bits per heavy atom. The Labute approximate surface area is 459 Å². The molecule has 0 bridgehead atoms. The summed E-state index contributed by atoms with van der Waals surface area (Å²) in [5.74, 6) is -11.1. The van der Waals surface area contributed by atoms with Crippen molar-refractivity contribution in [3.63, 3.8) is 0 Å². The number of carboxylic acids is 1. The fourth-order valence-corrected chi connectivity index (χ4v) is 8.52. The van der Waals surface area contributed by atoms with Gasteiger partial charge in [0.25, 0.3) is 0 Å². The van der Waals surface area contributed by atoms with Gasteiger partial charge in [-0.25, -0.2) is 9.78 Å². The van der Waals surface area contributed by atoms with Gasteiger partial charge in [-0.15, -0.1) is 0 Å². The number of aliphatic hydroxyl groups is 1. The topological polar surface area (TPSA) is 469 Å². The predicted octanol–water partition coefficient (Wildman–Crippen LogP) is -4.87. The van der Waals surface area contributed by atoms with E-state index in [0.29, 0.717) is 36.1 Å². The molecule has 9 atom stereocenters. The highest BCUT2D eigenvalue weighted by atomic mass is 32.1. The number of aromatic nitrogens is 2. The van der Waals surface area contributed by atoms with Crippen molar-refractivity contribution in [2.24, 2.45) is 22.9 Å². The SMILES string of the molecule is NCCCC[C@H](NC(=O)[C@H](CO)NC(=O)[C@H](CCC(N)=O)NC(=O)[C@H](CC(N)=O)NC(=O)[C@H](Cc1ccccc1)NC(=O)[C@H](Cc1ccc(O)cc1)NC(=O)[C@@H]1CCCN1C(=O)[C@H](Cc1cnc[nH]1)NC(=O)[C@@H](N)CS)C(=O)O. The number of thiol groups is 1. The van der Waals surface area contributed by atoms with Crippen molar-refractivity contribution in [3.8, 4) is 5.75 Å². The maximum atomic E-state index is 14.6. The van der Waals surface area contributed by atoms with E-state index in [1.54, 1.807) is 30.3 Å². The molecule has 0 saturated carbocycles. The van der Waals surface area contributed by atoms with Crippen molar-refractivity contribution in [2.75, 3.05) is 25.4 Å². The fourth-order valence-electron chi connectivity index (χ4n) is 8.36. The lowest BCUT2D eigenvalue weighted by Crippen LogP contribution is -2.61. The molecular formula is C50H70N14O14S. The number of primary amides is 2. The molecular weight excluding hydrogens is 1050 g/mol. The molecule has 430 valence electrons. The zero-order chi connectivity index (χ0) is 58.2. The van der Waals surface area contributed by atoms with Gasteiger partial charge >= 0.3 is 5.97 Å². The zero-order valence-electron chi connectivity index (χ0n) is 43.1. The summed E-state index contributed by atoms with van der Waals surface area (Å²) in [4.78, 5) is 156. The van der Waals surface area contributed by atoms with Crippen LogP contribution in [0.3, 0.4) is 0 Å². The molecule has 1 saturated heterocycles. The Balaban J connectivity index is 1.61. The van der Waals surface area contributed by atoms with Gasteiger partial charge in [-0.3, -0.25) is 47.9 Å². The number of nitrogens with zero attached hydrogens (tertiary/aromatic N) is 2. The number of unbranched alkanes of at least 4 members (excludes halogenated alkanes) is 1. The van der Waals surface area contributed by atoms with E-state index in [4.69, 9.17) is 22.9 Å². The Morgan fingerprint density at radius 1 is 0.671 bits per heavy atom. The average Bonchev–Trinajstić information content (AvgIpc) is 4.21. The number of nitrogens with one attached hydrogen (secondary N) is 8. The van der Waals surface area contributed by atoms with Crippen LogP contribution < -0.4 is 60.2 Å². The van der Waals surface area contributed by atoms with E-state index in [1.165, 1.54) is 41.7 Å². The van der Waals surface area contributed by atoms with Gasteiger partial charge in [-0.2, -0.15) is 12.6 Å². The van der Waals surface area contributed by atoms with Gasteiger partial charge in [-0.05, 0) is 68.3 Å². The van der Waals surface area contributed by atoms with E-state index < -0.39 is 145 Å². The number of carbonyl (C=O) groups excluding carboxylic acids is 10. The molecule has 1 fully saturated rings. The van der Waals surface area contributed by atoms with Gasteiger partial charge in [0.1, 0.15) is 54.1 Å². The molecule has 0 radical (unpaired) electrons. The minimum Gasteiger partial charge on any atom is -0.508 e. The molecule has 3 aromatic rings. The number of benzene rings is 2. The summed E-state index contributed by atoms with van der Waals surface area (Å²) in [6.45, 7) is -0.686. The van der Waals surface area contributed by atoms with Crippen LogP contribution in [0.15, 0.2) is 67.1 Å². The summed E-state index contributed by atoms with van der Waals surface area (Å²) in [7, 11) is 0. The molecule has 4 rings (SSSR count). The monoisotopic (exact) mass is 1120 g/mol. The predicted molar refractivity (Wildman–Crippen MR) is 284 cm³/mol. The van der Waals surface area contributed by atoms with Crippen molar-refractivity contribution in [2.45, 2.75) is 125 Å². The summed E-state index contributed by atoms with van der Waals surface area (Å²) in [5, 5.41) is 46.8.